The molecule has 10 heteroatoms. The van der Waals surface area contributed by atoms with E-state index < -0.39 is 21.0 Å². The van der Waals surface area contributed by atoms with Crippen molar-refractivity contribution < 1.29 is 17.8 Å². The Hall–Kier alpha value is -3.17. The summed E-state index contributed by atoms with van der Waals surface area (Å²) in [6, 6.07) is 14.3. The van der Waals surface area contributed by atoms with Gasteiger partial charge >= 0.3 is 0 Å². The van der Waals surface area contributed by atoms with Crippen LogP contribution in [0.2, 0.25) is 5.02 Å². The molecule has 0 bridgehead atoms. The Labute approximate surface area is 171 Å². The lowest BCUT2D eigenvalue weighted by Crippen LogP contribution is -2.27. The van der Waals surface area contributed by atoms with E-state index in [-0.39, 0.29) is 10.6 Å². The van der Waals surface area contributed by atoms with Crippen LogP contribution < -0.4 is 0 Å². The van der Waals surface area contributed by atoms with Crippen LogP contribution in [-0.2, 0) is 10.0 Å². The highest BCUT2D eigenvalue weighted by Gasteiger charge is 2.39. The number of hydrazone groups is 1. The van der Waals surface area contributed by atoms with Gasteiger partial charge in [0, 0.05) is 23.6 Å². The Morgan fingerprint density at radius 3 is 2.38 bits per heavy atom. The molecule has 8 nitrogen and oxygen atoms in total. The topological polar surface area (TPSA) is 106 Å². The maximum atomic E-state index is 13.2. The summed E-state index contributed by atoms with van der Waals surface area (Å²) in [5.41, 5.74) is 1.11. The van der Waals surface area contributed by atoms with Crippen molar-refractivity contribution in [1.29, 1.82) is 0 Å². The normalized spacial score (nSPS) is 16.7. The standard InChI is InChI=1S/C19H14ClN3O5S/c20-14-5-3-13(4-6-14)17-12-18(19-2-1-11-28-19)22(21-17)29(26,27)16-9-7-15(8-10-16)23(24)25/h1-11,18H,12H2. The molecule has 0 fully saturated rings. The van der Waals surface area contributed by atoms with E-state index in [2.05, 4.69) is 5.10 Å². The zero-order valence-electron chi connectivity index (χ0n) is 14.8. The highest BCUT2D eigenvalue weighted by atomic mass is 35.5. The van der Waals surface area contributed by atoms with Gasteiger partial charge in [-0.3, -0.25) is 10.1 Å². The monoisotopic (exact) mass is 431 g/mol. The summed E-state index contributed by atoms with van der Waals surface area (Å²) in [6.45, 7) is 0. The highest BCUT2D eigenvalue weighted by Crippen LogP contribution is 2.37. The fourth-order valence-electron chi connectivity index (χ4n) is 3.07. The van der Waals surface area contributed by atoms with Crippen molar-refractivity contribution in [2.24, 2.45) is 5.10 Å². The predicted molar refractivity (Wildman–Crippen MR) is 106 cm³/mol. The number of sulfonamides is 1. The molecule has 0 spiro atoms. The summed E-state index contributed by atoms with van der Waals surface area (Å²) in [6.07, 6.45) is 1.77. The lowest BCUT2D eigenvalue weighted by Gasteiger charge is -2.21. The molecule has 4 rings (SSSR count). The van der Waals surface area contributed by atoms with Gasteiger partial charge in [0.05, 0.1) is 21.8 Å². The van der Waals surface area contributed by atoms with Crippen LogP contribution in [0.15, 0.2) is 81.3 Å². The number of nitrogens with zero attached hydrogens (tertiary/aromatic N) is 3. The van der Waals surface area contributed by atoms with Crippen molar-refractivity contribution >= 4 is 33.0 Å². The number of hydrogen-bond acceptors (Lipinski definition) is 6. The number of nitro benzene ring substituents is 1. The third-order valence-corrected chi connectivity index (χ3v) is 6.46. The third-order valence-electron chi connectivity index (χ3n) is 4.51. The molecule has 1 unspecified atom stereocenters. The first-order chi connectivity index (χ1) is 13.9. The first-order valence-electron chi connectivity index (χ1n) is 8.52. The van der Waals surface area contributed by atoms with Crippen molar-refractivity contribution in [2.75, 3.05) is 0 Å². The predicted octanol–water partition coefficient (Wildman–Crippen LogP) is 4.38. The number of non-ortho nitro benzene ring substituents is 1. The van der Waals surface area contributed by atoms with Gasteiger partial charge in [-0.25, -0.2) is 0 Å². The van der Waals surface area contributed by atoms with Crippen LogP contribution in [0.25, 0.3) is 0 Å². The molecule has 0 N–H and O–H groups in total. The second-order valence-corrected chi connectivity index (χ2v) is 8.55. The van der Waals surface area contributed by atoms with E-state index in [9.17, 15) is 18.5 Å². The second-order valence-electron chi connectivity index (χ2n) is 6.32. The number of nitro groups is 1. The Morgan fingerprint density at radius 2 is 1.79 bits per heavy atom. The lowest BCUT2D eigenvalue weighted by molar-refractivity contribution is -0.384. The maximum Gasteiger partial charge on any atom is 0.279 e. The molecule has 0 radical (unpaired) electrons. The van der Waals surface area contributed by atoms with Gasteiger partial charge in [-0.05, 0) is 42.0 Å². The minimum Gasteiger partial charge on any atom is -0.467 e. The van der Waals surface area contributed by atoms with Gasteiger partial charge in [-0.1, -0.05) is 23.7 Å². The van der Waals surface area contributed by atoms with Crippen molar-refractivity contribution in [3.63, 3.8) is 0 Å². The minimum atomic E-state index is -4.07. The molecule has 29 heavy (non-hydrogen) atoms. The van der Waals surface area contributed by atoms with Crippen LogP contribution in [0.4, 0.5) is 5.69 Å². The molecule has 2 heterocycles. The van der Waals surface area contributed by atoms with Crippen LogP contribution in [0.5, 0.6) is 0 Å². The van der Waals surface area contributed by atoms with Crippen LogP contribution in [-0.4, -0.2) is 23.5 Å². The number of hydrogen-bond donors (Lipinski definition) is 0. The molecule has 0 saturated carbocycles. The van der Waals surface area contributed by atoms with Crippen LogP contribution >= 0.6 is 11.6 Å². The molecule has 1 atom stereocenters. The molecule has 1 aliphatic heterocycles. The van der Waals surface area contributed by atoms with E-state index in [0.717, 1.165) is 22.1 Å². The quantitative estimate of drug-likeness (QED) is 0.440. The summed E-state index contributed by atoms with van der Waals surface area (Å²) in [7, 11) is -4.07. The average Bonchev–Trinajstić information content (AvgIpc) is 3.38. The van der Waals surface area contributed by atoms with Crippen molar-refractivity contribution in [2.45, 2.75) is 17.4 Å². The van der Waals surface area contributed by atoms with E-state index in [1.54, 1.807) is 36.4 Å². The number of benzene rings is 2. The first kappa shape index (κ1) is 19.2. The van der Waals surface area contributed by atoms with Crippen LogP contribution in [0.1, 0.15) is 23.8 Å². The number of rotatable bonds is 5. The minimum absolute atomic E-state index is 0.0965. The summed E-state index contributed by atoms with van der Waals surface area (Å²) < 4.78 is 32.9. The Morgan fingerprint density at radius 1 is 1.10 bits per heavy atom. The van der Waals surface area contributed by atoms with E-state index in [0.29, 0.717) is 22.9 Å². The SMILES string of the molecule is O=[N+]([O-])c1ccc(S(=O)(=O)N2N=C(c3ccc(Cl)cc3)CC2c2ccco2)cc1. The molecule has 0 amide bonds. The van der Waals surface area contributed by atoms with Gasteiger partial charge in [0.2, 0.25) is 0 Å². The third kappa shape index (κ3) is 3.62. The van der Waals surface area contributed by atoms with E-state index in [1.165, 1.54) is 18.4 Å². The van der Waals surface area contributed by atoms with Crippen molar-refractivity contribution in [3.8, 4) is 0 Å². The average molecular weight is 432 g/mol. The van der Waals surface area contributed by atoms with Crippen molar-refractivity contribution in [1.82, 2.24) is 4.41 Å². The largest absolute Gasteiger partial charge is 0.467 e. The Kier molecular flexibility index (Phi) is 4.85. The van der Waals surface area contributed by atoms with Gasteiger partial charge < -0.3 is 4.42 Å². The summed E-state index contributed by atoms with van der Waals surface area (Å²) >= 11 is 5.94. The van der Waals surface area contributed by atoms with Crippen LogP contribution in [0.3, 0.4) is 0 Å². The number of halogens is 1. The van der Waals surface area contributed by atoms with Crippen LogP contribution in [0, 0.1) is 10.1 Å². The molecule has 148 valence electrons. The molecule has 3 aromatic rings. The van der Waals surface area contributed by atoms with Gasteiger partial charge in [-0.15, -0.1) is 0 Å². The molecule has 1 aromatic heterocycles. The van der Waals surface area contributed by atoms with Gasteiger partial charge in [0.1, 0.15) is 11.8 Å². The second kappa shape index (κ2) is 7.34. The molecule has 2 aromatic carbocycles. The summed E-state index contributed by atoms with van der Waals surface area (Å²) in [5, 5.41) is 15.8. The Bertz CT molecular complexity index is 1170. The molecule has 0 aliphatic carbocycles. The van der Waals surface area contributed by atoms with Gasteiger partial charge in [0.15, 0.2) is 0 Å². The molecule has 0 saturated heterocycles. The fraction of sp³-hybridized carbons (Fsp3) is 0.105. The van der Waals surface area contributed by atoms with Gasteiger partial charge in [-0.2, -0.15) is 17.9 Å². The van der Waals surface area contributed by atoms with E-state index in [4.69, 9.17) is 16.0 Å². The maximum absolute atomic E-state index is 13.2. The molecular weight excluding hydrogens is 418 g/mol. The fourth-order valence-corrected chi connectivity index (χ4v) is 4.61. The zero-order chi connectivity index (χ0) is 20.6. The Balaban J connectivity index is 1.76. The highest BCUT2D eigenvalue weighted by molar-refractivity contribution is 7.89. The van der Waals surface area contributed by atoms with Crippen molar-refractivity contribution in [3.05, 3.63) is 93.4 Å². The molecular formula is C19H14ClN3O5S. The zero-order valence-corrected chi connectivity index (χ0v) is 16.4. The lowest BCUT2D eigenvalue weighted by atomic mass is 10.0. The number of furan rings is 1. The summed E-state index contributed by atoms with van der Waals surface area (Å²) in [5.74, 6) is 0.447. The van der Waals surface area contributed by atoms with E-state index >= 15 is 0 Å². The smallest absolute Gasteiger partial charge is 0.279 e. The van der Waals surface area contributed by atoms with Gasteiger partial charge in [0.25, 0.3) is 15.7 Å². The van der Waals surface area contributed by atoms with E-state index in [1.807, 2.05) is 0 Å². The summed E-state index contributed by atoms with van der Waals surface area (Å²) in [4.78, 5) is 10.2. The first-order valence-corrected chi connectivity index (χ1v) is 10.3. The molecule has 1 aliphatic rings.